The van der Waals surface area contributed by atoms with Gasteiger partial charge in [-0.3, -0.25) is 4.21 Å². The third-order valence-electron chi connectivity index (χ3n) is 2.59. The quantitative estimate of drug-likeness (QED) is 0.901. The van der Waals surface area contributed by atoms with Crippen LogP contribution in [0.4, 0.5) is 4.79 Å². The molecule has 2 amide bonds. The Hall–Kier alpha value is -1.66. The van der Waals surface area contributed by atoms with Crippen LogP contribution < -0.4 is 5.32 Å². The van der Waals surface area contributed by atoms with Crippen LogP contribution in [0, 0.1) is 0 Å². The van der Waals surface area contributed by atoms with Gasteiger partial charge in [-0.05, 0) is 24.6 Å². The predicted molar refractivity (Wildman–Crippen MR) is 83.9 cm³/mol. The van der Waals surface area contributed by atoms with Crippen LogP contribution in [0.2, 0.25) is 0 Å². The Bertz CT molecular complexity index is 478. The third kappa shape index (κ3) is 5.54. The lowest BCUT2D eigenvalue weighted by Gasteiger charge is -2.13. The first-order chi connectivity index (χ1) is 9.08. The van der Waals surface area contributed by atoms with Crippen molar-refractivity contribution in [3.63, 3.8) is 0 Å². The molecule has 0 aromatic heterocycles. The van der Waals surface area contributed by atoms with Gasteiger partial charge in [-0.25, -0.2) is 4.79 Å². The number of nitrogens with one attached hydrogen (secondary N) is 1. The summed E-state index contributed by atoms with van der Waals surface area (Å²) in [4.78, 5) is 14.0. The van der Waals surface area contributed by atoms with Gasteiger partial charge in [-0.1, -0.05) is 25.1 Å². The maximum absolute atomic E-state index is 11.6. The molecule has 0 saturated heterocycles. The lowest BCUT2D eigenvalue weighted by molar-refractivity contribution is 0.222. The molecule has 0 bridgehead atoms. The number of benzene rings is 1. The smallest absolute Gasteiger partial charge is 0.321 e. The van der Waals surface area contributed by atoms with E-state index >= 15 is 0 Å². The average molecular weight is 300 g/mol. The molecular formula is C14H24N2O3S. The number of amides is 2. The van der Waals surface area contributed by atoms with Crippen LogP contribution in [0.3, 0.4) is 0 Å². The lowest BCUT2D eigenvalue weighted by Crippen LogP contribution is -2.33. The molecular weight excluding hydrogens is 276 g/mol. The van der Waals surface area contributed by atoms with Crippen molar-refractivity contribution < 1.29 is 15.9 Å². The summed E-state index contributed by atoms with van der Waals surface area (Å²) in [6.07, 6.45) is 3.50. The minimum absolute atomic E-state index is 0. The van der Waals surface area contributed by atoms with E-state index in [2.05, 4.69) is 5.32 Å². The molecule has 1 unspecified atom stereocenters. The van der Waals surface area contributed by atoms with Crippen LogP contribution >= 0.6 is 0 Å². The summed E-state index contributed by atoms with van der Waals surface area (Å²) < 4.78 is 11.6. The van der Waals surface area contributed by atoms with Gasteiger partial charge in [-0.2, -0.15) is 0 Å². The van der Waals surface area contributed by atoms with Crippen molar-refractivity contribution in [1.29, 1.82) is 0 Å². The van der Waals surface area contributed by atoms with Crippen molar-refractivity contribution >= 4 is 16.8 Å². The van der Waals surface area contributed by atoms with Gasteiger partial charge in [-0.15, -0.1) is 0 Å². The summed E-state index contributed by atoms with van der Waals surface area (Å²) in [5.41, 5.74) is 0.985. The van der Waals surface area contributed by atoms with E-state index in [1.807, 2.05) is 38.1 Å². The van der Waals surface area contributed by atoms with Crippen LogP contribution in [-0.4, -0.2) is 33.4 Å². The molecule has 1 aromatic rings. The van der Waals surface area contributed by atoms with Gasteiger partial charge < -0.3 is 15.7 Å². The first-order valence-electron chi connectivity index (χ1n) is 6.19. The van der Waals surface area contributed by atoms with Gasteiger partial charge in [0.2, 0.25) is 0 Å². The van der Waals surface area contributed by atoms with Crippen molar-refractivity contribution in [3.05, 3.63) is 42.1 Å². The summed E-state index contributed by atoms with van der Waals surface area (Å²) in [7, 11) is 0.771. The van der Waals surface area contributed by atoms with Crippen LogP contribution in [-0.2, 0) is 17.3 Å². The molecule has 0 radical (unpaired) electrons. The van der Waals surface area contributed by atoms with E-state index in [4.69, 9.17) is 0 Å². The molecule has 1 rings (SSSR count). The maximum Gasteiger partial charge on any atom is 0.321 e. The summed E-state index contributed by atoms with van der Waals surface area (Å²) in [6.45, 7) is 4.21. The number of carbonyl (C=O) groups excluding carboxylic acids is 1. The van der Waals surface area contributed by atoms with E-state index in [1.54, 1.807) is 19.3 Å². The first-order valence-corrected chi connectivity index (χ1v) is 7.51. The Morgan fingerprint density at radius 3 is 2.50 bits per heavy atom. The zero-order valence-electron chi connectivity index (χ0n) is 12.1. The van der Waals surface area contributed by atoms with Gasteiger partial charge >= 0.3 is 6.03 Å². The number of hydrogen-bond acceptors (Lipinski definition) is 2. The molecule has 0 spiro atoms. The molecule has 114 valence electrons. The third-order valence-corrected chi connectivity index (χ3v) is 3.91. The SMILES string of the molecule is C/C=C/N(C)C(=O)NCc1ccc(S(=O)CC)cc1.O.[HH]. The zero-order valence-corrected chi connectivity index (χ0v) is 12.9. The maximum atomic E-state index is 11.6. The molecule has 0 aliphatic carbocycles. The number of urea groups is 1. The van der Waals surface area contributed by atoms with Crippen LogP contribution in [0.1, 0.15) is 20.8 Å². The predicted octanol–water partition coefficient (Wildman–Crippen LogP) is 1.91. The van der Waals surface area contributed by atoms with E-state index in [9.17, 15) is 9.00 Å². The first kappa shape index (κ1) is 18.3. The van der Waals surface area contributed by atoms with E-state index in [0.717, 1.165) is 10.5 Å². The number of rotatable bonds is 5. The van der Waals surface area contributed by atoms with E-state index < -0.39 is 10.8 Å². The van der Waals surface area contributed by atoms with Crippen molar-refractivity contribution in [1.82, 2.24) is 10.2 Å². The normalized spacial score (nSPS) is 11.8. The molecule has 0 aliphatic heterocycles. The molecule has 3 N–H and O–H groups in total. The van der Waals surface area contributed by atoms with Crippen molar-refractivity contribution in [2.45, 2.75) is 25.3 Å². The summed E-state index contributed by atoms with van der Waals surface area (Å²) >= 11 is 0. The van der Waals surface area contributed by atoms with Crippen LogP contribution in [0.5, 0.6) is 0 Å². The van der Waals surface area contributed by atoms with E-state index in [-0.39, 0.29) is 12.9 Å². The lowest BCUT2D eigenvalue weighted by atomic mass is 10.2. The van der Waals surface area contributed by atoms with Gasteiger partial charge in [0.25, 0.3) is 0 Å². The fourth-order valence-corrected chi connectivity index (χ4v) is 2.29. The summed E-state index contributed by atoms with van der Waals surface area (Å²) in [5, 5.41) is 2.81. The van der Waals surface area contributed by atoms with E-state index in [0.29, 0.717) is 12.3 Å². The number of nitrogens with zero attached hydrogens (tertiary/aromatic N) is 1. The Kier molecular flexibility index (Phi) is 8.51. The van der Waals surface area contributed by atoms with Gasteiger partial charge in [0.05, 0.1) is 10.8 Å². The summed E-state index contributed by atoms with van der Waals surface area (Å²) in [6, 6.07) is 7.31. The molecule has 0 heterocycles. The average Bonchev–Trinajstić information content (AvgIpc) is 2.44. The molecule has 0 aliphatic rings. The van der Waals surface area contributed by atoms with Gasteiger partial charge in [0.1, 0.15) is 0 Å². The number of allylic oxidation sites excluding steroid dienone is 1. The Morgan fingerprint density at radius 2 is 2.00 bits per heavy atom. The Morgan fingerprint density at radius 1 is 1.40 bits per heavy atom. The second kappa shape index (κ2) is 9.28. The van der Waals surface area contributed by atoms with Crippen molar-refractivity contribution in [2.24, 2.45) is 0 Å². The minimum Gasteiger partial charge on any atom is -0.412 e. The van der Waals surface area contributed by atoms with Gasteiger partial charge in [0, 0.05) is 31.9 Å². The molecule has 1 aromatic carbocycles. The topological polar surface area (TPSA) is 80.9 Å². The standard InChI is InChI=1S/C14H20N2O2S.H2O.H2/c1-4-10-16(3)14(17)15-11-12-6-8-13(9-7-12)19(18)5-2;;/h4,6-10H,5,11H2,1-3H3,(H,15,17);1H2;1H/b10-4+;;. The highest BCUT2D eigenvalue weighted by Gasteiger charge is 2.05. The molecule has 1 atom stereocenters. The molecule has 0 saturated carbocycles. The highest BCUT2D eigenvalue weighted by Crippen LogP contribution is 2.09. The highest BCUT2D eigenvalue weighted by atomic mass is 32.2. The van der Waals surface area contributed by atoms with Crippen molar-refractivity contribution in [3.8, 4) is 0 Å². The highest BCUT2D eigenvalue weighted by molar-refractivity contribution is 7.85. The fraction of sp³-hybridized carbons (Fsp3) is 0.357. The van der Waals surface area contributed by atoms with Crippen molar-refractivity contribution in [2.75, 3.05) is 12.8 Å². The monoisotopic (exact) mass is 300 g/mol. The second-order valence-corrected chi connectivity index (χ2v) is 5.77. The second-order valence-electron chi connectivity index (χ2n) is 4.03. The number of carbonyl (C=O) groups is 1. The number of hydrogen-bond donors (Lipinski definition) is 1. The molecule has 6 heteroatoms. The minimum atomic E-state index is -0.926. The fourth-order valence-electron chi connectivity index (χ4n) is 1.52. The van der Waals surface area contributed by atoms with Crippen LogP contribution in [0.25, 0.3) is 0 Å². The molecule has 0 fully saturated rings. The van der Waals surface area contributed by atoms with E-state index in [1.165, 1.54) is 4.90 Å². The Labute approximate surface area is 123 Å². The zero-order chi connectivity index (χ0) is 14.3. The molecule has 5 nitrogen and oxygen atoms in total. The van der Waals surface area contributed by atoms with Gasteiger partial charge in [0.15, 0.2) is 0 Å². The largest absolute Gasteiger partial charge is 0.412 e. The van der Waals surface area contributed by atoms with Crippen LogP contribution in [0.15, 0.2) is 41.4 Å². The summed E-state index contributed by atoms with van der Waals surface area (Å²) in [5.74, 6) is 0.615. The Balaban J connectivity index is 0. The molecule has 20 heavy (non-hydrogen) atoms.